The lowest BCUT2D eigenvalue weighted by Gasteiger charge is -2.46. The monoisotopic (exact) mass is 702 g/mol. The quantitative estimate of drug-likeness (QED) is 0.112. The summed E-state index contributed by atoms with van der Waals surface area (Å²) in [6.45, 7) is 10.1. The normalized spacial score (nSPS) is 20.4. The third-order valence-electron chi connectivity index (χ3n) is 9.29. The highest BCUT2D eigenvalue weighted by Crippen LogP contribution is 2.49. The lowest BCUT2D eigenvalue weighted by molar-refractivity contribution is -0.137. The Labute approximate surface area is 278 Å². The molecule has 1 aliphatic carbocycles. The number of nitrogens with one attached hydrogen (secondary N) is 2. The van der Waals surface area contributed by atoms with Crippen molar-refractivity contribution in [1.29, 1.82) is 5.41 Å². The van der Waals surface area contributed by atoms with Gasteiger partial charge in [-0.05, 0) is 79.0 Å². The number of aromatic nitrogens is 4. The van der Waals surface area contributed by atoms with E-state index in [9.17, 15) is 22.4 Å². The van der Waals surface area contributed by atoms with E-state index in [1.54, 1.807) is 17.4 Å². The Morgan fingerprint density at radius 2 is 1.85 bits per heavy atom. The molecule has 2 N–H and O–H groups in total. The van der Waals surface area contributed by atoms with Gasteiger partial charge in [0.15, 0.2) is 29.0 Å². The van der Waals surface area contributed by atoms with Crippen LogP contribution in [-0.4, -0.2) is 61.8 Å². The van der Waals surface area contributed by atoms with Crippen LogP contribution in [0.4, 0.5) is 23.2 Å². The molecule has 0 amide bonds. The Bertz CT molecular complexity index is 1940. The number of ketones is 1. The minimum atomic E-state index is -4.71. The number of rotatable bonds is 8. The maximum atomic E-state index is 15.3. The summed E-state index contributed by atoms with van der Waals surface area (Å²) in [5, 5.41) is 19.8. The van der Waals surface area contributed by atoms with Gasteiger partial charge in [0, 0.05) is 43.9 Å². The van der Waals surface area contributed by atoms with Crippen LogP contribution in [0.5, 0.6) is 0 Å². The molecule has 2 aromatic heterocycles. The third-order valence-corrected chi connectivity index (χ3v) is 17.5. The van der Waals surface area contributed by atoms with Crippen LogP contribution in [0.25, 0.3) is 0 Å². The van der Waals surface area contributed by atoms with Crippen molar-refractivity contribution >= 4 is 35.8 Å². The molecule has 48 heavy (non-hydrogen) atoms. The zero-order chi connectivity index (χ0) is 35.3. The number of Topliss-reactive ketones (excluding diaryl/α,β-unsaturated/α-hetero) is 1. The van der Waals surface area contributed by atoms with Gasteiger partial charge in [0.25, 0.3) is 0 Å². The van der Waals surface area contributed by atoms with Gasteiger partial charge in [-0.15, -0.1) is 5.10 Å². The van der Waals surface area contributed by atoms with Gasteiger partial charge in [-0.3, -0.25) is 13.8 Å². The predicted molar refractivity (Wildman–Crippen MR) is 178 cm³/mol. The van der Waals surface area contributed by atoms with Crippen LogP contribution in [-0.2, 0) is 23.1 Å². The van der Waals surface area contributed by atoms with E-state index < -0.39 is 52.6 Å². The van der Waals surface area contributed by atoms with Crippen LogP contribution < -0.4 is 5.32 Å². The summed E-state index contributed by atoms with van der Waals surface area (Å²) in [6, 6.07) is 7.15. The third kappa shape index (κ3) is 6.65. The number of hydrogen-bond donors (Lipinski definition) is 2. The number of hydrogen-bond acceptors (Lipinski definition) is 8. The van der Waals surface area contributed by atoms with Crippen molar-refractivity contribution in [2.24, 2.45) is 16.5 Å². The topological polar surface area (TPSA) is 129 Å². The van der Waals surface area contributed by atoms with Gasteiger partial charge in [-0.2, -0.15) is 23.1 Å². The van der Waals surface area contributed by atoms with Crippen molar-refractivity contribution in [2.45, 2.75) is 62.9 Å². The van der Waals surface area contributed by atoms with Crippen LogP contribution >= 0.6 is 0 Å². The van der Waals surface area contributed by atoms with Gasteiger partial charge >= 0.3 is 6.18 Å². The Balaban J connectivity index is 1.69. The number of benzene rings is 1. The number of fused-ring (bicyclic) bond motifs is 1. The first-order valence-corrected chi connectivity index (χ1v) is 19.7. The zero-order valence-electron chi connectivity index (χ0n) is 27.5. The molecule has 3 aromatic rings. The smallest absolute Gasteiger partial charge is 0.355 e. The summed E-state index contributed by atoms with van der Waals surface area (Å²) < 4.78 is 77.0. The van der Waals surface area contributed by atoms with Gasteiger partial charge in [-0.1, -0.05) is 26.3 Å². The first-order chi connectivity index (χ1) is 22.3. The molecule has 1 saturated heterocycles. The van der Waals surface area contributed by atoms with Crippen LogP contribution in [0.3, 0.4) is 0 Å². The second-order valence-electron chi connectivity index (χ2n) is 13.6. The number of piperidine rings is 1. The number of halogens is 4. The van der Waals surface area contributed by atoms with E-state index in [0.717, 1.165) is 24.5 Å². The number of allylic oxidation sites excluding steroid dienone is 2. The van der Waals surface area contributed by atoms with Crippen molar-refractivity contribution in [1.82, 2.24) is 24.3 Å². The van der Waals surface area contributed by atoms with Crippen LogP contribution in [0.15, 0.2) is 80.8 Å². The highest BCUT2D eigenvalue weighted by molar-refractivity contribution is 7.92. The molecule has 16 heteroatoms. The van der Waals surface area contributed by atoms with Gasteiger partial charge < -0.3 is 10.7 Å². The minimum absolute atomic E-state index is 0.102. The molecule has 2 aliphatic rings. The highest BCUT2D eigenvalue weighted by Gasteiger charge is 2.52. The molecule has 1 aliphatic heterocycles. The van der Waals surface area contributed by atoms with Crippen molar-refractivity contribution in [3.63, 3.8) is 0 Å². The van der Waals surface area contributed by atoms with E-state index in [2.05, 4.69) is 20.5 Å². The van der Waals surface area contributed by atoms with Crippen molar-refractivity contribution in [3.8, 4) is 0 Å². The summed E-state index contributed by atoms with van der Waals surface area (Å²) in [5.41, 5.74) is -1.00. The molecular weight excluding hydrogens is 665 g/mol. The lowest BCUT2D eigenvalue weighted by atomic mass is 9.65. The minimum Gasteiger partial charge on any atom is -0.355 e. The fraction of sp³-hybridized carbons (Fsp3) is 0.406. The Morgan fingerprint density at radius 1 is 1.17 bits per heavy atom. The molecule has 0 radical (unpaired) electrons. The van der Waals surface area contributed by atoms with E-state index in [0.29, 0.717) is 22.5 Å². The first-order valence-electron chi connectivity index (χ1n) is 15.2. The average molecular weight is 703 g/mol. The summed E-state index contributed by atoms with van der Waals surface area (Å²) in [4.78, 5) is 20.0. The number of pyridine rings is 1. The molecule has 1 fully saturated rings. The highest BCUT2D eigenvalue weighted by atomic mass is 32.2. The molecule has 0 bridgehead atoms. The summed E-state index contributed by atoms with van der Waals surface area (Å²) >= 11 is 0. The lowest BCUT2D eigenvalue weighted by Crippen LogP contribution is -2.53. The summed E-state index contributed by atoms with van der Waals surface area (Å²) in [5.74, 6) is -1.12. The van der Waals surface area contributed by atoms with Gasteiger partial charge in [0.05, 0.1) is 17.2 Å². The molecule has 1 unspecified atom stereocenters. The van der Waals surface area contributed by atoms with E-state index in [-0.39, 0.29) is 36.0 Å². The number of alkyl halides is 3. The van der Waals surface area contributed by atoms with Crippen molar-refractivity contribution in [2.75, 3.05) is 18.4 Å². The standard InChI is InChI=1S/C32H38F4N8O2SSi/c1-30(2,3)48(5,6)42-47(46,28-19-39-43(4)41-28)44-14-12-22-15-26(40-25-9-7-24(33)8-10-25)21(18-37)17-31(22,20-44)29(45)27-16-23(11-13-38-27)32(34,35)36/h7-11,13,15-16,18-19,37,40H,12,14,17,20H2,1-6H3/t31-,47?/m0/s1. The molecule has 10 nitrogen and oxygen atoms in total. The van der Waals surface area contributed by atoms with Crippen molar-refractivity contribution < 1.29 is 26.6 Å². The number of anilines is 1. The van der Waals surface area contributed by atoms with E-state index in [4.69, 9.17) is 9.44 Å². The number of aryl methyl sites for hydroxylation is 1. The molecule has 0 saturated carbocycles. The molecule has 1 aromatic carbocycles. The molecule has 5 rings (SSSR count). The first kappa shape index (κ1) is 35.3. The molecule has 2 atom stereocenters. The van der Waals surface area contributed by atoms with E-state index >= 15 is 4.21 Å². The Morgan fingerprint density at radius 3 is 2.44 bits per heavy atom. The molecule has 0 spiro atoms. The Hall–Kier alpha value is -4.02. The van der Waals surface area contributed by atoms with E-state index in [1.807, 2.05) is 33.9 Å². The molecule has 256 valence electrons. The fourth-order valence-electron chi connectivity index (χ4n) is 5.58. The number of carbonyl (C=O) groups excluding carboxylic acids is 1. The second-order valence-corrected chi connectivity index (χ2v) is 20.9. The SMILES string of the molecule is Cn1ncc(S(=O)(=N[Si](C)(C)C(C)(C)C)N2CCC3=CC(Nc4ccc(F)cc4)=C(C=N)C[C@]3(C(=O)c3cc(C(F)(F)F)ccn3)C2)n1. The van der Waals surface area contributed by atoms with Crippen LogP contribution in [0.2, 0.25) is 18.1 Å². The largest absolute Gasteiger partial charge is 0.416 e. The predicted octanol–water partition coefficient (Wildman–Crippen LogP) is 7.04. The maximum absolute atomic E-state index is 15.3. The van der Waals surface area contributed by atoms with Crippen LogP contribution in [0.1, 0.15) is 49.7 Å². The maximum Gasteiger partial charge on any atom is 0.416 e. The Kier molecular flexibility index (Phi) is 9.16. The number of carbonyl (C=O) groups is 1. The van der Waals surface area contributed by atoms with E-state index in [1.165, 1.54) is 35.3 Å². The average Bonchev–Trinajstić information content (AvgIpc) is 3.47. The van der Waals surface area contributed by atoms with Crippen molar-refractivity contribution in [3.05, 3.63) is 88.8 Å². The second kappa shape index (κ2) is 12.5. The zero-order valence-corrected chi connectivity index (χ0v) is 29.3. The summed E-state index contributed by atoms with van der Waals surface area (Å²) in [7, 11) is -4.55. The summed E-state index contributed by atoms with van der Waals surface area (Å²) in [6.07, 6.45) is 0.515. The van der Waals surface area contributed by atoms with Crippen LogP contribution in [0, 0.1) is 16.6 Å². The van der Waals surface area contributed by atoms with Gasteiger partial charge in [0.1, 0.15) is 11.5 Å². The molecule has 3 heterocycles. The number of nitrogens with zero attached hydrogens (tertiary/aromatic N) is 6. The van der Waals surface area contributed by atoms with Gasteiger partial charge in [-0.25, -0.2) is 12.9 Å². The van der Waals surface area contributed by atoms with Gasteiger partial charge in [0.2, 0.25) is 0 Å². The fourth-order valence-corrected chi connectivity index (χ4v) is 11.4. The molecular formula is C32H38F4N8O2SSi.